The molecule has 0 aliphatic rings. The molecule has 3 aromatic rings. The second kappa shape index (κ2) is 10.4. The number of esters is 1. The minimum absolute atomic E-state index is 0.0161. The number of hydrogen-bond acceptors (Lipinski definition) is 4. The quantitative estimate of drug-likeness (QED) is 0.245. The molecule has 0 radical (unpaired) electrons. The summed E-state index contributed by atoms with van der Waals surface area (Å²) in [5, 5.41) is 5.83. The van der Waals surface area contributed by atoms with Crippen molar-refractivity contribution in [3.63, 3.8) is 0 Å². The molecule has 5 nitrogen and oxygen atoms in total. The lowest BCUT2D eigenvalue weighted by atomic mass is 9.87. The van der Waals surface area contributed by atoms with E-state index in [2.05, 4.69) is 52.2 Å². The second-order valence-corrected chi connectivity index (χ2v) is 10.9. The summed E-state index contributed by atoms with van der Waals surface area (Å²) >= 11 is 5.27. The summed E-state index contributed by atoms with van der Waals surface area (Å²) < 4.78 is 5.47. The van der Waals surface area contributed by atoms with E-state index >= 15 is 0 Å². The zero-order valence-corrected chi connectivity index (χ0v) is 21.9. The summed E-state index contributed by atoms with van der Waals surface area (Å²) in [6.07, 6.45) is 0. The van der Waals surface area contributed by atoms with E-state index in [1.54, 1.807) is 48.5 Å². The number of rotatable bonds is 4. The molecule has 3 aromatic carbocycles. The van der Waals surface area contributed by atoms with Crippen LogP contribution in [-0.4, -0.2) is 17.0 Å². The lowest BCUT2D eigenvalue weighted by molar-refractivity contribution is 0.0734. The van der Waals surface area contributed by atoms with E-state index in [-0.39, 0.29) is 21.8 Å². The van der Waals surface area contributed by atoms with Gasteiger partial charge in [-0.1, -0.05) is 65.8 Å². The number of amides is 1. The summed E-state index contributed by atoms with van der Waals surface area (Å²) in [6.45, 7) is 12.7. The molecule has 0 aliphatic carbocycles. The summed E-state index contributed by atoms with van der Waals surface area (Å²) in [6, 6.07) is 21.7. The molecular formula is C29H32N2O3S. The highest BCUT2D eigenvalue weighted by Crippen LogP contribution is 2.24. The molecule has 182 valence electrons. The molecule has 0 saturated carbocycles. The fourth-order valence-electron chi connectivity index (χ4n) is 3.34. The minimum Gasteiger partial charge on any atom is -0.423 e. The van der Waals surface area contributed by atoms with E-state index in [1.165, 1.54) is 0 Å². The first-order valence-electron chi connectivity index (χ1n) is 11.5. The number of carbonyl (C=O) groups excluding carboxylic acids is 2. The Morgan fingerprint density at radius 1 is 0.686 bits per heavy atom. The van der Waals surface area contributed by atoms with Crippen LogP contribution in [0.2, 0.25) is 0 Å². The van der Waals surface area contributed by atoms with Gasteiger partial charge in [-0.2, -0.15) is 0 Å². The van der Waals surface area contributed by atoms with Crippen molar-refractivity contribution >= 4 is 34.9 Å². The molecule has 6 heteroatoms. The highest BCUT2D eigenvalue weighted by molar-refractivity contribution is 7.80. The Morgan fingerprint density at radius 3 is 1.60 bits per heavy atom. The highest BCUT2D eigenvalue weighted by Gasteiger charge is 2.16. The van der Waals surface area contributed by atoms with Crippen LogP contribution in [0.25, 0.3) is 0 Å². The first-order valence-corrected chi connectivity index (χ1v) is 11.9. The normalized spacial score (nSPS) is 11.5. The van der Waals surface area contributed by atoms with Crippen molar-refractivity contribution in [1.82, 2.24) is 5.32 Å². The summed E-state index contributed by atoms with van der Waals surface area (Å²) in [4.78, 5) is 25.0. The van der Waals surface area contributed by atoms with Gasteiger partial charge in [0.15, 0.2) is 5.11 Å². The molecule has 3 rings (SSSR count). The Bertz CT molecular complexity index is 1200. The molecular weight excluding hydrogens is 456 g/mol. The predicted molar refractivity (Wildman–Crippen MR) is 145 cm³/mol. The Morgan fingerprint density at radius 2 is 1.14 bits per heavy atom. The number of benzene rings is 3. The van der Waals surface area contributed by atoms with Crippen molar-refractivity contribution in [2.75, 3.05) is 5.32 Å². The molecule has 0 aliphatic heterocycles. The van der Waals surface area contributed by atoms with Gasteiger partial charge < -0.3 is 10.1 Å². The summed E-state index contributed by atoms with van der Waals surface area (Å²) in [5.41, 5.74) is 4.00. The van der Waals surface area contributed by atoms with Crippen LogP contribution < -0.4 is 15.4 Å². The molecule has 0 saturated heterocycles. The van der Waals surface area contributed by atoms with Crippen LogP contribution in [0.3, 0.4) is 0 Å². The SMILES string of the molecule is CC(C)(C)c1ccc(C(=O)NC(=S)Nc2ccc(OC(=O)c3ccc(C(C)(C)C)cc3)cc2)cc1. The van der Waals surface area contributed by atoms with Crippen LogP contribution in [0.4, 0.5) is 5.69 Å². The Balaban J connectivity index is 1.54. The zero-order valence-electron chi connectivity index (χ0n) is 21.1. The minimum atomic E-state index is -0.425. The Hall–Kier alpha value is -3.51. The van der Waals surface area contributed by atoms with E-state index in [4.69, 9.17) is 17.0 Å². The maximum Gasteiger partial charge on any atom is 0.343 e. The average molecular weight is 489 g/mol. The maximum absolute atomic E-state index is 12.5. The lowest BCUT2D eigenvalue weighted by Crippen LogP contribution is -2.34. The van der Waals surface area contributed by atoms with Gasteiger partial charge in [-0.25, -0.2) is 4.79 Å². The molecule has 0 heterocycles. The number of ether oxygens (including phenoxy) is 1. The topological polar surface area (TPSA) is 67.4 Å². The zero-order chi connectivity index (χ0) is 25.8. The predicted octanol–water partition coefficient (Wildman–Crippen LogP) is 6.63. The first-order chi connectivity index (χ1) is 16.3. The number of carbonyl (C=O) groups is 2. The van der Waals surface area contributed by atoms with E-state index in [0.717, 1.165) is 11.1 Å². The van der Waals surface area contributed by atoms with E-state index in [9.17, 15) is 9.59 Å². The van der Waals surface area contributed by atoms with Gasteiger partial charge in [0.1, 0.15) is 5.75 Å². The van der Waals surface area contributed by atoms with Crippen molar-refractivity contribution in [2.45, 2.75) is 52.4 Å². The summed E-state index contributed by atoms with van der Waals surface area (Å²) in [5.74, 6) is -0.299. The monoisotopic (exact) mass is 488 g/mol. The lowest BCUT2D eigenvalue weighted by Gasteiger charge is -2.19. The fourth-order valence-corrected chi connectivity index (χ4v) is 3.55. The molecule has 0 spiro atoms. The van der Waals surface area contributed by atoms with E-state index in [1.807, 2.05) is 24.3 Å². The molecule has 0 unspecified atom stereocenters. The molecule has 0 fully saturated rings. The van der Waals surface area contributed by atoms with Gasteiger partial charge in [0, 0.05) is 11.3 Å². The van der Waals surface area contributed by atoms with Gasteiger partial charge in [-0.3, -0.25) is 10.1 Å². The van der Waals surface area contributed by atoms with Crippen molar-refractivity contribution in [2.24, 2.45) is 0 Å². The third-order valence-corrected chi connectivity index (χ3v) is 5.75. The number of thiocarbonyl (C=S) groups is 1. The van der Waals surface area contributed by atoms with Crippen molar-refractivity contribution < 1.29 is 14.3 Å². The van der Waals surface area contributed by atoms with Crippen LogP contribution in [0, 0.1) is 0 Å². The maximum atomic E-state index is 12.5. The van der Waals surface area contributed by atoms with Gasteiger partial charge in [0.05, 0.1) is 5.56 Å². The van der Waals surface area contributed by atoms with E-state index in [0.29, 0.717) is 22.6 Å². The van der Waals surface area contributed by atoms with Gasteiger partial charge >= 0.3 is 5.97 Å². The van der Waals surface area contributed by atoms with Crippen molar-refractivity contribution in [3.8, 4) is 5.75 Å². The van der Waals surface area contributed by atoms with Crippen molar-refractivity contribution in [1.29, 1.82) is 0 Å². The van der Waals surface area contributed by atoms with Gasteiger partial charge in [-0.05, 0) is 82.7 Å². The number of anilines is 1. The molecule has 1 amide bonds. The average Bonchev–Trinajstić information content (AvgIpc) is 2.79. The molecule has 35 heavy (non-hydrogen) atoms. The largest absolute Gasteiger partial charge is 0.423 e. The Kier molecular flexibility index (Phi) is 7.76. The fraction of sp³-hybridized carbons (Fsp3) is 0.276. The molecule has 0 bridgehead atoms. The van der Waals surface area contributed by atoms with Gasteiger partial charge in [0.2, 0.25) is 0 Å². The number of hydrogen-bond donors (Lipinski definition) is 2. The van der Waals surface area contributed by atoms with Crippen LogP contribution in [0.1, 0.15) is 73.4 Å². The third-order valence-electron chi connectivity index (χ3n) is 5.55. The third kappa shape index (κ3) is 7.23. The molecule has 0 aromatic heterocycles. The highest BCUT2D eigenvalue weighted by atomic mass is 32.1. The van der Waals surface area contributed by atoms with Crippen LogP contribution in [-0.2, 0) is 10.8 Å². The summed E-state index contributed by atoms with van der Waals surface area (Å²) in [7, 11) is 0. The molecule has 2 N–H and O–H groups in total. The smallest absolute Gasteiger partial charge is 0.343 e. The van der Waals surface area contributed by atoms with E-state index < -0.39 is 5.97 Å². The first kappa shape index (κ1) is 26.1. The second-order valence-electron chi connectivity index (χ2n) is 10.5. The molecule has 0 atom stereocenters. The van der Waals surface area contributed by atoms with Crippen molar-refractivity contribution in [3.05, 3.63) is 95.1 Å². The standard InChI is InChI=1S/C29H32N2O3S/c1-28(2,3)21-11-7-19(8-12-21)25(32)31-27(35)30-23-15-17-24(18-16-23)34-26(33)20-9-13-22(14-10-20)29(4,5)6/h7-18H,1-6H3,(H2,30,31,32,35). The Labute approximate surface area is 212 Å². The van der Waals surface area contributed by atoms with Gasteiger partial charge in [-0.15, -0.1) is 0 Å². The van der Waals surface area contributed by atoms with Gasteiger partial charge in [0.25, 0.3) is 5.91 Å². The van der Waals surface area contributed by atoms with Crippen LogP contribution in [0.5, 0.6) is 5.75 Å². The van der Waals surface area contributed by atoms with Crippen LogP contribution in [0.15, 0.2) is 72.8 Å². The van der Waals surface area contributed by atoms with Crippen LogP contribution >= 0.6 is 12.2 Å². The number of nitrogens with one attached hydrogen (secondary N) is 2.